The Kier molecular flexibility index (Phi) is 4.10. The molecule has 1 aromatic rings. The van der Waals surface area contributed by atoms with E-state index < -0.39 is 11.6 Å². The maximum Gasteiger partial charge on any atom is 0.251 e. The fourth-order valence-corrected chi connectivity index (χ4v) is 3.62. The van der Waals surface area contributed by atoms with Crippen LogP contribution in [-0.2, 0) is 11.3 Å². The van der Waals surface area contributed by atoms with Gasteiger partial charge in [0.2, 0.25) is 0 Å². The topological polar surface area (TPSA) is 44.4 Å². The summed E-state index contributed by atoms with van der Waals surface area (Å²) in [4.78, 5) is 14.8. The molecule has 24 heavy (non-hydrogen) atoms. The number of carbonyl (C=O) groups excluding carboxylic acids is 1. The number of nitrogens with zero attached hydrogens (tertiary/aromatic N) is 1. The van der Waals surface area contributed by atoms with Crippen molar-refractivity contribution in [3.8, 4) is 0 Å². The van der Waals surface area contributed by atoms with Gasteiger partial charge in [-0.15, -0.1) is 0 Å². The molecule has 4 rings (SSSR count). The predicted molar refractivity (Wildman–Crippen MR) is 86.2 cm³/mol. The van der Waals surface area contributed by atoms with Crippen LogP contribution in [0.4, 0.5) is 8.78 Å². The van der Waals surface area contributed by atoms with Gasteiger partial charge >= 0.3 is 0 Å². The summed E-state index contributed by atoms with van der Waals surface area (Å²) in [5.74, 6) is -1.22. The summed E-state index contributed by atoms with van der Waals surface area (Å²) in [7, 11) is 0. The number of rotatable bonds is 4. The summed E-state index contributed by atoms with van der Waals surface area (Å²) < 4.78 is 26.9. The molecule has 1 aliphatic carbocycles. The number of benzene rings is 1. The minimum Gasteiger partial charge on any atom is -0.332 e. The van der Waals surface area contributed by atoms with E-state index in [0.29, 0.717) is 11.6 Å². The van der Waals surface area contributed by atoms with Crippen LogP contribution in [0.1, 0.15) is 24.8 Å². The number of piperazine rings is 1. The molecule has 2 heterocycles. The van der Waals surface area contributed by atoms with Crippen LogP contribution in [0, 0.1) is 11.6 Å². The molecule has 4 nitrogen and oxygen atoms in total. The number of carbonyl (C=O) groups is 1. The second-order valence-electron chi connectivity index (χ2n) is 6.91. The zero-order valence-corrected chi connectivity index (χ0v) is 13.4. The number of hydrogen-bond acceptors (Lipinski definition) is 3. The Bertz CT molecular complexity index is 667. The number of amides is 1. The molecule has 2 atom stereocenters. The molecule has 128 valence electrons. The highest BCUT2D eigenvalue weighted by atomic mass is 19.1. The molecule has 0 radical (unpaired) electrons. The molecule has 2 unspecified atom stereocenters. The second-order valence-corrected chi connectivity index (χ2v) is 6.91. The first kappa shape index (κ1) is 15.7. The third-order valence-corrected chi connectivity index (χ3v) is 4.94. The molecule has 1 amide bonds. The zero-order valence-electron chi connectivity index (χ0n) is 13.4. The van der Waals surface area contributed by atoms with Gasteiger partial charge < -0.3 is 15.5 Å². The molecule has 1 aromatic carbocycles. The Hall–Kier alpha value is -1.79. The van der Waals surface area contributed by atoms with Crippen molar-refractivity contribution in [3.05, 3.63) is 47.0 Å². The highest BCUT2D eigenvalue weighted by Crippen LogP contribution is 2.31. The summed E-state index contributed by atoms with van der Waals surface area (Å²) in [6, 6.07) is 4.05. The third kappa shape index (κ3) is 3.21. The lowest BCUT2D eigenvalue weighted by Gasteiger charge is -2.38. The van der Waals surface area contributed by atoms with E-state index in [2.05, 4.69) is 10.6 Å². The molecule has 3 aliphatic rings. The summed E-state index contributed by atoms with van der Waals surface area (Å²) in [6.45, 7) is 1.91. The molecular formula is C18H21F2N3O. The van der Waals surface area contributed by atoms with Crippen LogP contribution in [0.2, 0.25) is 0 Å². The van der Waals surface area contributed by atoms with E-state index >= 15 is 0 Å². The van der Waals surface area contributed by atoms with Gasteiger partial charge in [0.15, 0.2) is 0 Å². The fraction of sp³-hybridized carbons (Fsp3) is 0.500. The molecule has 2 N–H and O–H groups in total. The Balaban J connectivity index is 1.55. The summed E-state index contributed by atoms with van der Waals surface area (Å²) in [5, 5.41) is 6.83. The van der Waals surface area contributed by atoms with Crippen molar-refractivity contribution >= 4 is 5.91 Å². The van der Waals surface area contributed by atoms with Gasteiger partial charge in [0.1, 0.15) is 11.6 Å². The van der Waals surface area contributed by atoms with Crippen LogP contribution in [0.5, 0.6) is 0 Å². The van der Waals surface area contributed by atoms with E-state index in [1.807, 2.05) is 6.08 Å². The molecule has 6 heteroatoms. The Morgan fingerprint density at radius 1 is 1.17 bits per heavy atom. The van der Waals surface area contributed by atoms with Crippen molar-refractivity contribution in [1.82, 2.24) is 15.5 Å². The summed E-state index contributed by atoms with van der Waals surface area (Å²) >= 11 is 0. The zero-order chi connectivity index (χ0) is 16.7. The van der Waals surface area contributed by atoms with Crippen molar-refractivity contribution in [2.24, 2.45) is 0 Å². The molecule has 0 aromatic heterocycles. The van der Waals surface area contributed by atoms with Gasteiger partial charge in [0.05, 0.1) is 6.04 Å². The fourth-order valence-electron chi connectivity index (χ4n) is 3.62. The third-order valence-electron chi connectivity index (χ3n) is 4.94. The number of fused-ring (bicyclic) bond motifs is 2. The summed E-state index contributed by atoms with van der Waals surface area (Å²) in [5.41, 5.74) is 1.28. The van der Waals surface area contributed by atoms with Crippen molar-refractivity contribution in [2.45, 2.75) is 43.9 Å². The maximum atomic E-state index is 13.4. The lowest BCUT2D eigenvalue weighted by molar-refractivity contribution is -0.128. The molecule has 1 saturated carbocycles. The number of halogens is 2. The molecule has 2 bridgehead atoms. The van der Waals surface area contributed by atoms with Crippen molar-refractivity contribution in [1.29, 1.82) is 0 Å². The van der Waals surface area contributed by atoms with Crippen LogP contribution >= 0.6 is 0 Å². The van der Waals surface area contributed by atoms with E-state index in [-0.39, 0.29) is 24.5 Å². The van der Waals surface area contributed by atoms with Gasteiger partial charge in [0, 0.05) is 43.4 Å². The first-order valence-electron chi connectivity index (χ1n) is 8.53. The lowest BCUT2D eigenvalue weighted by atomic mass is 9.93. The minimum atomic E-state index is -0.605. The van der Waals surface area contributed by atoms with Gasteiger partial charge in [-0.2, -0.15) is 0 Å². The van der Waals surface area contributed by atoms with Crippen LogP contribution < -0.4 is 10.6 Å². The van der Waals surface area contributed by atoms with Crippen LogP contribution in [0.25, 0.3) is 0 Å². The van der Waals surface area contributed by atoms with Crippen LogP contribution in [0.15, 0.2) is 29.8 Å². The van der Waals surface area contributed by atoms with Crippen LogP contribution in [-0.4, -0.2) is 42.0 Å². The molecular weight excluding hydrogens is 312 g/mol. The average molecular weight is 333 g/mol. The normalized spacial score (nSPS) is 26.0. The quantitative estimate of drug-likeness (QED) is 0.882. The Labute approximate surface area is 139 Å². The summed E-state index contributed by atoms with van der Waals surface area (Å²) in [6.07, 6.45) is 4.78. The average Bonchev–Trinajstić information content (AvgIpc) is 3.36. The minimum absolute atomic E-state index is 0.0122. The van der Waals surface area contributed by atoms with Gasteiger partial charge in [-0.25, -0.2) is 8.78 Å². The van der Waals surface area contributed by atoms with Gasteiger partial charge in [-0.3, -0.25) is 4.79 Å². The Morgan fingerprint density at radius 3 is 2.62 bits per heavy atom. The van der Waals surface area contributed by atoms with Crippen molar-refractivity contribution in [3.63, 3.8) is 0 Å². The number of nitrogens with one attached hydrogen (secondary N) is 2. The van der Waals surface area contributed by atoms with E-state index in [0.717, 1.165) is 44.0 Å². The number of hydrogen-bond donors (Lipinski definition) is 2. The smallest absolute Gasteiger partial charge is 0.251 e. The highest BCUT2D eigenvalue weighted by Gasteiger charge is 2.38. The monoisotopic (exact) mass is 333 g/mol. The molecule has 1 saturated heterocycles. The first-order valence-corrected chi connectivity index (χ1v) is 8.53. The largest absolute Gasteiger partial charge is 0.332 e. The standard InChI is InChI=1S/C18H21F2N3O/c19-12-5-11(6-13(20)7-12)10-23(15-2-3-15)18(24)16-4-1-14-8-21-9-17(16)22-14/h4-7,14-15,17,21-22H,1-3,8-10H2. The van der Waals surface area contributed by atoms with Gasteiger partial charge in [-0.1, -0.05) is 6.08 Å². The lowest BCUT2D eigenvalue weighted by Crippen LogP contribution is -2.59. The van der Waals surface area contributed by atoms with Crippen molar-refractivity contribution in [2.75, 3.05) is 13.1 Å². The van der Waals surface area contributed by atoms with Crippen LogP contribution in [0.3, 0.4) is 0 Å². The van der Waals surface area contributed by atoms with E-state index in [1.54, 1.807) is 4.90 Å². The van der Waals surface area contributed by atoms with Crippen molar-refractivity contribution < 1.29 is 13.6 Å². The highest BCUT2D eigenvalue weighted by molar-refractivity contribution is 5.95. The Morgan fingerprint density at radius 2 is 1.92 bits per heavy atom. The maximum absolute atomic E-state index is 13.4. The van der Waals surface area contributed by atoms with E-state index in [1.165, 1.54) is 12.1 Å². The molecule has 2 aliphatic heterocycles. The predicted octanol–water partition coefficient (Wildman–Crippen LogP) is 1.72. The first-order chi connectivity index (χ1) is 11.6. The van der Waals surface area contributed by atoms with E-state index in [4.69, 9.17) is 0 Å². The molecule has 0 spiro atoms. The second kappa shape index (κ2) is 6.26. The SMILES string of the molecule is O=C(C1=CCC2CNCC1N2)N(Cc1cc(F)cc(F)c1)C1CC1. The molecule has 2 fully saturated rings. The van der Waals surface area contributed by atoms with Gasteiger partial charge in [-0.05, 0) is 37.0 Å². The van der Waals surface area contributed by atoms with E-state index in [9.17, 15) is 13.6 Å². The van der Waals surface area contributed by atoms with Gasteiger partial charge in [0.25, 0.3) is 5.91 Å².